The molecule has 3 N–H and O–H groups in total. The van der Waals surface area contributed by atoms with E-state index in [4.69, 9.17) is 4.74 Å². The summed E-state index contributed by atoms with van der Waals surface area (Å²) in [5.74, 6) is -1.18. The topological polar surface area (TPSA) is 105 Å². The second-order valence-electron chi connectivity index (χ2n) is 6.79. The van der Waals surface area contributed by atoms with Crippen LogP contribution < -0.4 is 10.0 Å². The third-order valence-corrected chi connectivity index (χ3v) is 6.27. The van der Waals surface area contributed by atoms with E-state index in [0.717, 1.165) is 18.4 Å². The molecule has 2 unspecified atom stereocenters. The number of aromatic carboxylic acids is 1. The fourth-order valence-electron chi connectivity index (χ4n) is 3.16. The number of ether oxygens (including phenoxy) is 1. The number of carboxylic acid groups (broad SMARTS) is 1. The van der Waals surface area contributed by atoms with Crippen LogP contribution in [0.25, 0.3) is 0 Å². The maximum Gasteiger partial charge on any atom is 0.335 e. The van der Waals surface area contributed by atoms with Gasteiger partial charge in [-0.15, -0.1) is 0 Å². The van der Waals surface area contributed by atoms with E-state index in [-0.39, 0.29) is 16.6 Å². The highest BCUT2D eigenvalue weighted by Gasteiger charge is 2.24. The monoisotopic (exact) mass is 404 g/mol. The normalized spacial score (nSPS) is 18.0. The van der Waals surface area contributed by atoms with Crippen molar-refractivity contribution in [1.29, 1.82) is 0 Å². The molecule has 1 aliphatic rings. The number of benzene rings is 2. The van der Waals surface area contributed by atoms with Crippen LogP contribution in [0.1, 0.15) is 41.7 Å². The minimum absolute atomic E-state index is 0.0194. The molecule has 3 rings (SSSR count). The van der Waals surface area contributed by atoms with Gasteiger partial charge in [0.2, 0.25) is 10.0 Å². The summed E-state index contributed by atoms with van der Waals surface area (Å²) in [4.78, 5) is 11.3. The molecule has 0 aliphatic carbocycles. The summed E-state index contributed by atoms with van der Waals surface area (Å²) in [5.41, 5.74) is 1.08. The molecular weight excluding hydrogens is 380 g/mol. The Morgan fingerprint density at radius 2 is 2.00 bits per heavy atom. The minimum atomic E-state index is -3.96. The molecule has 1 saturated heterocycles. The molecule has 7 nitrogen and oxygen atoms in total. The first kappa shape index (κ1) is 20.3. The summed E-state index contributed by atoms with van der Waals surface area (Å²) in [5, 5.41) is 12.4. The molecule has 0 saturated carbocycles. The molecule has 2 aromatic carbocycles. The average Bonchev–Trinajstić information content (AvgIpc) is 3.20. The van der Waals surface area contributed by atoms with Gasteiger partial charge in [0.15, 0.2) is 0 Å². The van der Waals surface area contributed by atoms with Crippen LogP contribution in [0.2, 0.25) is 0 Å². The zero-order valence-electron chi connectivity index (χ0n) is 15.6. The van der Waals surface area contributed by atoms with Crippen LogP contribution in [-0.2, 0) is 14.8 Å². The lowest BCUT2D eigenvalue weighted by Gasteiger charge is -2.19. The van der Waals surface area contributed by atoms with Crippen LogP contribution in [0.5, 0.6) is 0 Å². The summed E-state index contributed by atoms with van der Waals surface area (Å²) in [6, 6.07) is 12.8. The quantitative estimate of drug-likeness (QED) is 0.625. The Balaban J connectivity index is 1.87. The molecule has 28 heavy (non-hydrogen) atoms. The van der Waals surface area contributed by atoms with Crippen molar-refractivity contribution in [2.75, 3.05) is 18.5 Å². The van der Waals surface area contributed by atoms with Crippen LogP contribution in [0.3, 0.4) is 0 Å². The molecule has 1 aliphatic heterocycles. The Morgan fingerprint density at radius 1 is 1.25 bits per heavy atom. The number of rotatable bonds is 8. The highest BCUT2D eigenvalue weighted by atomic mass is 32.2. The van der Waals surface area contributed by atoms with E-state index in [1.54, 1.807) is 6.92 Å². The fraction of sp³-hybridized carbons (Fsp3) is 0.350. The van der Waals surface area contributed by atoms with Gasteiger partial charge in [0, 0.05) is 19.2 Å². The van der Waals surface area contributed by atoms with E-state index in [1.807, 2.05) is 30.3 Å². The molecule has 1 heterocycles. The number of hydrogen-bond acceptors (Lipinski definition) is 5. The van der Waals surface area contributed by atoms with Crippen molar-refractivity contribution in [2.45, 2.75) is 36.8 Å². The predicted octanol–water partition coefficient (Wildman–Crippen LogP) is 3.02. The third-order valence-electron chi connectivity index (χ3n) is 4.69. The molecule has 1 fully saturated rings. The summed E-state index contributed by atoms with van der Waals surface area (Å²) in [6.07, 6.45) is 1.91. The molecular formula is C20H24N2O5S. The average molecular weight is 404 g/mol. The Labute approximate surface area is 164 Å². The van der Waals surface area contributed by atoms with Crippen molar-refractivity contribution in [3.63, 3.8) is 0 Å². The Morgan fingerprint density at radius 3 is 2.64 bits per heavy atom. The minimum Gasteiger partial charge on any atom is -0.478 e. The highest BCUT2D eigenvalue weighted by Crippen LogP contribution is 2.26. The number of carbonyl (C=O) groups is 1. The van der Waals surface area contributed by atoms with Crippen LogP contribution in [0, 0.1) is 0 Å². The van der Waals surface area contributed by atoms with Crippen molar-refractivity contribution in [3.05, 3.63) is 59.7 Å². The van der Waals surface area contributed by atoms with E-state index in [9.17, 15) is 18.3 Å². The van der Waals surface area contributed by atoms with Crippen molar-refractivity contribution in [2.24, 2.45) is 0 Å². The molecule has 0 aromatic heterocycles. The van der Waals surface area contributed by atoms with E-state index in [2.05, 4.69) is 10.0 Å². The molecule has 2 aromatic rings. The maximum atomic E-state index is 13.0. The summed E-state index contributed by atoms with van der Waals surface area (Å²) in [6.45, 7) is 2.90. The van der Waals surface area contributed by atoms with Crippen molar-refractivity contribution >= 4 is 21.7 Å². The van der Waals surface area contributed by atoms with Crippen molar-refractivity contribution in [3.8, 4) is 0 Å². The second-order valence-corrected chi connectivity index (χ2v) is 8.47. The maximum absolute atomic E-state index is 13.0. The Kier molecular flexibility index (Phi) is 6.33. The smallest absolute Gasteiger partial charge is 0.335 e. The first-order valence-corrected chi connectivity index (χ1v) is 10.7. The van der Waals surface area contributed by atoms with Gasteiger partial charge in [0.25, 0.3) is 0 Å². The lowest BCUT2D eigenvalue weighted by Crippen LogP contribution is -2.28. The zero-order chi connectivity index (χ0) is 20.1. The van der Waals surface area contributed by atoms with Crippen LogP contribution >= 0.6 is 0 Å². The lowest BCUT2D eigenvalue weighted by atomic mass is 10.1. The summed E-state index contributed by atoms with van der Waals surface area (Å²) < 4.78 is 34.3. The molecule has 0 radical (unpaired) electrons. The molecule has 8 heteroatoms. The van der Waals surface area contributed by atoms with Gasteiger partial charge in [0.1, 0.15) is 4.90 Å². The van der Waals surface area contributed by atoms with Crippen LogP contribution in [0.15, 0.2) is 53.4 Å². The number of carboxylic acids is 1. The first-order valence-electron chi connectivity index (χ1n) is 9.17. The standard InChI is InChI=1S/C20H24N2O5S/c1-14(15-6-3-2-4-7-15)22-28(25,26)19-12-16(20(23)24)9-10-18(19)21-13-17-8-5-11-27-17/h2-4,6-7,9-10,12,14,17,21-22H,5,8,11,13H2,1H3,(H,23,24). The lowest BCUT2D eigenvalue weighted by molar-refractivity contribution is 0.0696. The largest absolute Gasteiger partial charge is 0.478 e. The second kappa shape index (κ2) is 8.72. The van der Waals surface area contributed by atoms with E-state index < -0.39 is 22.0 Å². The van der Waals surface area contributed by atoms with Gasteiger partial charge in [-0.05, 0) is 43.5 Å². The molecule has 0 bridgehead atoms. The predicted molar refractivity (Wildman–Crippen MR) is 106 cm³/mol. The zero-order valence-corrected chi connectivity index (χ0v) is 16.4. The number of anilines is 1. The van der Waals surface area contributed by atoms with Crippen molar-refractivity contribution < 1.29 is 23.1 Å². The van der Waals surface area contributed by atoms with Crippen LogP contribution in [0.4, 0.5) is 5.69 Å². The van der Waals surface area contributed by atoms with Crippen molar-refractivity contribution in [1.82, 2.24) is 4.72 Å². The first-order chi connectivity index (χ1) is 13.4. The molecule has 0 amide bonds. The SMILES string of the molecule is CC(NS(=O)(=O)c1cc(C(=O)O)ccc1NCC1CCCO1)c1ccccc1. The van der Waals surface area contributed by atoms with E-state index in [0.29, 0.717) is 18.8 Å². The fourth-order valence-corrected chi connectivity index (χ4v) is 4.60. The van der Waals surface area contributed by atoms with Crippen LogP contribution in [-0.4, -0.2) is 38.7 Å². The van der Waals surface area contributed by atoms with Gasteiger partial charge in [-0.2, -0.15) is 0 Å². The van der Waals surface area contributed by atoms with E-state index in [1.165, 1.54) is 18.2 Å². The van der Waals surface area contributed by atoms with Gasteiger partial charge in [-0.25, -0.2) is 17.9 Å². The Hall–Kier alpha value is -2.42. The highest BCUT2D eigenvalue weighted by molar-refractivity contribution is 7.89. The number of sulfonamides is 1. The summed E-state index contributed by atoms with van der Waals surface area (Å²) in [7, 11) is -3.96. The third kappa shape index (κ3) is 4.89. The number of nitrogens with one attached hydrogen (secondary N) is 2. The molecule has 0 spiro atoms. The van der Waals surface area contributed by atoms with Gasteiger partial charge < -0.3 is 15.2 Å². The van der Waals surface area contributed by atoms with E-state index >= 15 is 0 Å². The summed E-state index contributed by atoms with van der Waals surface area (Å²) >= 11 is 0. The van der Waals surface area contributed by atoms with Gasteiger partial charge in [-0.3, -0.25) is 0 Å². The number of hydrogen-bond donors (Lipinski definition) is 3. The van der Waals surface area contributed by atoms with Gasteiger partial charge in [0.05, 0.1) is 17.4 Å². The Bertz CT molecular complexity index is 925. The van der Waals surface area contributed by atoms with Gasteiger partial charge in [-0.1, -0.05) is 30.3 Å². The molecule has 2 atom stereocenters. The molecule has 150 valence electrons. The van der Waals surface area contributed by atoms with Gasteiger partial charge >= 0.3 is 5.97 Å².